The number of rotatable bonds is 16. The Labute approximate surface area is 128 Å². The maximum absolute atomic E-state index is 5.42. The summed E-state index contributed by atoms with van der Waals surface area (Å²) in [6, 6.07) is 0.709. The molecule has 0 amide bonds. The van der Waals surface area contributed by atoms with Gasteiger partial charge < -0.3 is 10.1 Å². The highest BCUT2D eigenvalue weighted by Crippen LogP contribution is 2.12. The second-order valence-electron chi connectivity index (χ2n) is 5.86. The number of unbranched alkanes of at least 4 members (excludes halogenated alkanes) is 7. The van der Waals surface area contributed by atoms with Gasteiger partial charge in [0.25, 0.3) is 0 Å². The van der Waals surface area contributed by atoms with E-state index < -0.39 is 0 Å². The molecule has 0 aromatic heterocycles. The monoisotopic (exact) mass is 285 g/mol. The molecule has 2 heteroatoms. The van der Waals surface area contributed by atoms with E-state index in [1.54, 1.807) is 0 Å². The number of ether oxygens (including phenoxy) is 1. The van der Waals surface area contributed by atoms with Crippen LogP contribution in [0.4, 0.5) is 0 Å². The van der Waals surface area contributed by atoms with Gasteiger partial charge in [0.1, 0.15) is 0 Å². The lowest BCUT2D eigenvalue weighted by Gasteiger charge is -2.17. The molecule has 0 heterocycles. The fourth-order valence-corrected chi connectivity index (χ4v) is 2.74. The van der Waals surface area contributed by atoms with E-state index in [1.165, 1.54) is 70.6 Å². The molecule has 0 aliphatic carbocycles. The zero-order valence-electron chi connectivity index (χ0n) is 14.4. The minimum Gasteiger partial charge on any atom is -0.382 e. The molecule has 1 N–H and O–H groups in total. The van der Waals surface area contributed by atoms with Crippen LogP contribution in [0.1, 0.15) is 91.4 Å². The normalized spacial score (nSPS) is 12.8. The Morgan fingerprint density at radius 1 is 0.750 bits per heavy atom. The summed E-state index contributed by atoms with van der Waals surface area (Å²) < 4.78 is 5.42. The molecule has 0 spiro atoms. The molecule has 0 aromatic carbocycles. The van der Waals surface area contributed by atoms with Crippen molar-refractivity contribution in [1.82, 2.24) is 5.32 Å². The van der Waals surface area contributed by atoms with Gasteiger partial charge in [-0.15, -0.1) is 0 Å². The van der Waals surface area contributed by atoms with Gasteiger partial charge in [-0.2, -0.15) is 0 Å². The molecule has 0 aliphatic rings. The van der Waals surface area contributed by atoms with Crippen molar-refractivity contribution in [2.24, 2.45) is 0 Å². The minimum absolute atomic E-state index is 0.709. The van der Waals surface area contributed by atoms with Gasteiger partial charge in [0.15, 0.2) is 0 Å². The molecule has 0 radical (unpaired) electrons. The third-order valence-corrected chi connectivity index (χ3v) is 3.94. The van der Waals surface area contributed by atoms with Crippen molar-refractivity contribution >= 4 is 0 Å². The summed E-state index contributed by atoms with van der Waals surface area (Å²) in [7, 11) is 0. The molecule has 122 valence electrons. The maximum Gasteiger partial charge on any atom is 0.0466 e. The SMILES string of the molecule is CCCCCCCCCCC(CCCOCC)NCC. The van der Waals surface area contributed by atoms with Gasteiger partial charge in [-0.25, -0.2) is 0 Å². The first-order chi connectivity index (χ1) is 9.85. The molecule has 0 aromatic rings. The third kappa shape index (κ3) is 14.3. The third-order valence-electron chi connectivity index (χ3n) is 3.94. The van der Waals surface area contributed by atoms with E-state index in [-0.39, 0.29) is 0 Å². The molecule has 0 bridgehead atoms. The van der Waals surface area contributed by atoms with E-state index in [1.807, 2.05) is 0 Å². The average molecular weight is 286 g/mol. The topological polar surface area (TPSA) is 21.3 Å². The predicted molar refractivity (Wildman–Crippen MR) is 90.4 cm³/mol. The Hall–Kier alpha value is -0.0800. The Bertz CT molecular complexity index is 173. The molecule has 0 rings (SSSR count). The highest BCUT2D eigenvalue weighted by atomic mass is 16.5. The zero-order chi connectivity index (χ0) is 14.9. The summed E-state index contributed by atoms with van der Waals surface area (Å²) in [6.07, 6.45) is 15.1. The average Bonchev–Trinajstić information content (AvgIpc) is 2.46. The zero-order valence-corrected chi connectivity index (χ0v) is 14.4. The molecule has 0 aliphatic heterocycles. The first-order valence-corrected chi connectivity index (χ1v) is 9.16. The van der Waals surface area contributed by atoms with Crippen molar-refractivity contribution in [2.45, 2.75) is 97.4 Å². The van der Waals surface area contributed by atoms with Gasteiger partial charge >= 0.3 is 0 Å². The quantitative estimate of drug-likeness (QED) is 0.388. The molecular weight excluding hydrogens is 246 g/mol. The highest BCUT2D eigenvalue weighted by molar-refractivity contribution is 4.66. The fourth-order valence-electron chi connectivity index (χ4n) is 2.74. The number of hydrogen-bond donors (Lipinski definition) is 1. The van der Waals surface area contributed by atoms with E-state index in [4.69, 9.17) is 4.74 Å². The Balaban J connectivity index is 3.40. The summed E-state index contributed by atoms with van der Waals surface area (Å²) in [4.78, 5) is 0. The molecule has 0 fully saturated rings. The van der Waals surface area contributed by atoms with Gasteiger partial charge in [-0.1, -0.05) is 65.2 Å². The number of nitrogens with one attached hydrogen (secondary N) is 1. The molecular formula is C18H39NO. The van der Waals surface area contributed by atoms with Gasteiger partial charge in [0.2, 0.25) is 0 Å². The standard InChI is InChI=1S/C18H39NO/c1-4-7-8-9-10-11-12-13-15-18(19-5-2)16-14-17-20-6-3/h18-19H,4-17H2,1-3H3. The van der Waals surface area contributed by atoms with E-state index in [0.29, 0.717) is 6.04 Å². The van der Waals surface area contributed by atoms with Gasteiger partial charge in [-0.3, -0.25) is 0 Å². The maximum atomic E-state index is 5.42. The van der Waals surface area contributed by atoms with E-state index in [2.05, 4.69) is 26.1 Å². The largest absolute Gasteiger partial charge is 0.382 e. The molecule has 2 nitrogen and oxygen atoms in total. The van der Waals surface area contributed by atoms with Crippen LogP contribution in [0.15, 0.2) is 0 Å². The molecule has 0 saturated carbocycles. The lowest BCUT2D eigenvalue weighted by molar-refractivity contribution is 0.140. The van der Waals surface area contributed by atoms with Crippen LogP contribution in [0, 0.1) is 0 Å². The Morgan fingerprint density at radius 2 is 1.35 bits per heavy atom. The summed E-state index contributed by atoms with van der Waals surface area (Å²) >= 11 is 0. The summed E-state index contributed by atoms with van der Waals surface area (Å²) in [6.45, 7) is 9.44. The van der Waals surface area contributed by atoms with Crippen molar-refractivity contribution in [3.05, 3.63) is 0 Å². The first-order valence-electron chi connectivity index (χ1n) is 9.16. The number of hydrogen-bond acceptors (Lipinski definition) is 2. The van der Waals surface area contributed by atoms with E-state index in [0.717, 1.165) is 19.8 Å². The van der Waals surface area contributed by atoms with E-state index in [9.17, 15) is 0 Å². The van der Waals surface area contributed by atoms with Crippen molar-refractivity contribution in [2.75, 3.05) is 19.8 Å². The Kier molecular flexibility index (Phi) is 16.9. The lowest BCUT2D eigenvalue weighted by Crippen LogP contribution is -2.29. The van der Waals surface area contributed by atoms with Crippen molar-refractivity contribution < 1.29 is 4.74 Å². The van der Waals surface area contributed by atoms with Crippen LogP contribution >= 0.6 is 0 Å². The van der Waals surface area contributed by atoms with E-state index >= 15 is 0 Å². The second-order valence-corrected chi connectivity index (χ2v) is 5.86. The molecule has 20 heavy (non-hydrogen) atoms. The van der Waals surface area contributed by atoms with Crippen molar-refractivity contribution in [3.8, 4) is 0 Å². The van der Waals surface area contributed by atoms with Gasteiger partial charge in [-0.05, 0) is 32.7 Å². The lowest BCUT2D eigenvalue weighted by atomic mass is 10.0. The molecule has 0 saturated heterocycles. The summed E-state index contributed by atoms with van der Waals surface area (Å²) in [5, 5.41) is 3.62. The molecule has 1 atom stereocenters. The predicted octanol–water partition coefficient (Wildman–Crippen LogP) is 5.31. The van der Waals surface area contributed by atoms with Crippen LogP contribution < -0.4 is 5.32 Å². The van der Waals surface area contributed by atoms with Crippen LogP contribution in [0.2, 0.25) is 0 Å². The Morgan fingerprint density at radius 3 is 1.95 bits per heavy atom. The first kappa shape index (κ1) is 19.9. The summed E-state index contributed by atoms with van der Waals surface area (Å²) in [5.74, 6) is 0. The van der Waals surface area contributed by atoms with Crippen molar-refractivity contribution in [1.29, 1.82) is 0 Å². The highest BCUT2D eigenvalue weighted by Gasteiger charge is 2.06. The van der Waals surface area contributed by atoms with Crippen LogP contribution in [-0.2, 0) is 4.74 Å². The molecule has 1 unspecified atom stereocenters. The van der Waals surface area contributed by atoms with Crippen LogP contribution in [-0.4, -0.2) is 25.8 Å². The van der Waals surface area contributed by atoms with Gasteiger partial charge in [0, 0.05) is 19.3 Å². The van der Waals surface area contributed by atoms with Gasteiger partial charge in [0.05, 0.1) is 0 Å². The van der Waals surface area contributed by atoms with Crippen LogP contribution in [0.3, 0.4) is 0 Å². The minimum atomic E-state index is 0.709. The van der Waals surface area contributed by atoms with Crippen LogP contribution in [0.25, 0.3) is 0 Å². The smallest absolute Gasteiger partial charge is 0.0466 e. The fraction of sp³-hybridized carbons (Fsp3) is 1.00. The second kappa shape index (κ2) is 17.0. The van der Waals surface area contributed by atoms with Crippen molar-refractivity contribution in [3.63, 3.8) is 0 Å². The summed E-state index contributed by atoms with van der Waals surface area (Å²) in [5.41, 5.74) is 0. The van der Waals surface area contributed by atoms with Crippen LogP contribution in [0.5, 0.6) is 0 Å².